The highest BCUT2D eigenvalue weighted by Gasteiger charge is 2.44. The highest BCUT2D eigenvalue weighted by atomic mass is 35.6. The number of likely N-dealkylation sites (tertiary alicyclic amines) is 3. The predicted octanol–water partition coefficient (Wildman–Crippen LogP) is 10.4. The van der Waals surface area contributed by atoms with Gasteiger partial charge >= 0.3 is 12.4 Å². The molecule has 1 amide bonds. The number of piperidine rings is 2. The van der Waals surface area contributed by atoms with Gasteiger partial charge in [-0.3, -0.25) is 4.79 Å². The summed E-state index contributed by atoms with van der Waals surface area (Å²) in [6.45, 7) is 5.12. The molecule has 0 bridgehead atoms. The molecule has 0 N–H and O–H groups in total. The summed E-state index contributed by atoms with van der Waals surface area (Å²) < 4.78 is 77.2. The molecule has 0 saturated carbocycles. The molecule has 16 heteroatoms. The summed E-state index contributed by atoms with van der Waals surface area (Å²) >= 11 is 37.7. The number of hydrogen-bond donors (Lipinski definition) is 0. The zero-order chi connectivity index (χ0) is 36.7. The monoisotopic (exact) mass is 827 g/mol. The lowest BCUT2D eigenvalue weighted by atomic mass is 9.75. The number of carbonyl (C=O) groups is 1. The van der Waals surface area contributed by atoms with Gasteiger partial charge in [0.1, 0.15) is 0 Å². The molecule has 1 atom stereocenters. The Kier molecular flexibility index (Phi) is 12.5. The Bertz CT molecular complexity index is 1480. The summed E-state index contributed by atoms with van der Waals surface area (Å²) in [7, 11) is 0. The van der Waals surface area contributed by atoms with Gasteiger partial charge in [-0.15, -0.1) is 0 Å². The molecular weight excluding hydrogens is 793 g/mol. The molecule has 0 aromatic heterocycles. The van der Waals surface area contributed by atoms with Crippen LogP contribution in [0.15, 0.2) is 36.4 Å². The first-order valence-electron chi connectivity index (χ1n) is 16.5. The van der Waals surface area contributed by atoms with Gasteiger partial charge in [0.05, 0.1) is 17.5 Å². The molecule has 0 radical (unpaired) electrons. The van der Waals surface area contributed by atoms with Crippen LogP contribution in [0.2, 0.25) is 0 Å². The van der Waals surface area contributed by atoms with E-state index < -0.39 is 48.8 Å². The minimum atomic E-state index is -5.02. The Morgan fingerprint density at radius 2 is 1.32 bits per heavy atom. The summed E-state index contributed by atoms with van der Waals surface area (Å²) in [4.78, 5) is 20.1. The van der Waals surface area contributed by atoms with E-state index in [9.17, 15) is 31.1 Å². The molecular formula is C34H37Cl6F6N3O. The molecule has 3 aliphatic rings. The van der Waals surface area contributed by atoms with Gasteiger partial charge in [-0.1, -0.05) is 94.2 Å². The van der Waals surface area contributed by atoms with Crippen LogP contribution >= 0.6 is 69.6 Å². The molecule has 278 valence electrons. The fourth-order valence-corrected chi connectivity index (χ4v) is 8.56. The van der Waals surface area contributed by atoms with Crippen molar-refractivity contribution in [1.82, 2.24) is 14.7 Å². The van der Waals surface area contributed by atoms with Crippen molar-refractivity contribution in [1.29, 1.82) is 0 Å². The van der Waals surface area contributed by atoms with Crippen LogP contribution in [0.3, 0.4) is 0 Å². The lowest BCUT2D eigenvalue weighted by Gasteiger charge is -2.41. The van der Waals surface area contributed by atoms with Gasteiger partial charge < -0.3 is 14.7 Å². The van der Waals surface area contributed by atoms with E-state index in [0.29, 0.717) is 43.1 Å². The van der Waals surface area contributed by atoms with E-state index in [0.717, 1.165) is 39.0 Å². The van der Waals surface area contributed by atoms with Crippen LogP contribution in [-0.4, -0.2) is 72.5 Å². The summed E-state index contributed by atoms with van der Waals surface area (Å²) in [6.07, 6.45) is -3.84. The Labute approximate surface area is 318 Å². The number of carbonyl (C=O) groups excluding carboxylic acids is 1. The van der Waals surface area contributed by atoms with Crippen molar-refractivity contribution in [3.8, 4) is 0 Å². The lowest BCUT2D eigenvalue weighted by molar-refractivity contribution is -0.143. The number of alkyl halides is 12. The Morgan fingerprint density at radius 1 is 0.740 bits per heavy atom. The number of halogens is 12. The number of amides is 1. The molecule has 3 aliphatic heterocycles. The summed E-state index contributed by atoms with van der Waals surface area (Å²) in [5.41, 5.74) is -2.98. The Balaban J connectivity index is 1.40. The van der Waals surface area contributed by atoms with Gasteiger partial charge in [-0.05, 0) is 101 Å². The second kappa shape index (κ2) is 15.5. The van der Waals surface area contributed by atoms with Crippen molar-refractivity contribution >= 4 is 75.5 Å². The fraction of sp³-hybridized carbons (Fsp3) is 0.618. The Morgan fingerprint density at radius 3 is 1.86 bits per heavy atom. The van der Waals surface area contributed by atoms with Gasteiger partial charge in [-0.2, -0.15) is 26.3 Å². The number of hydrogen-bond acceptors (Lipinski definition) is 3. The van der Waals surface area contributed by atoms with Crippen LogP contribution in [-0.2, 0) is 36.6 Å². The first-order valence-corrected chi connectivity index (χ1v) is 18.7. The fourth-order valence-electron chi connectivity index (χ4n) is 7.60. The van der Waals surface area contributed by atoms with Crippen molar-refractivity contribution in [3.63, 3.8) is 0 Å². The third kappa shape index (κ3) is 9.82. The van der Waals surface area contributed by atoms with Gasteiger partial charge in [-0.25, -0.2) is 0 Å². The maximum absolute atomic E-state index is 13.6. The quantitative estimate of drug-likeness (QED) is 0.206. The van der Waals surface area contributed by atoms with E-state index in [1.54, 1.807) is 18.2 Å². The minimum absolute atomic E-state index is 0.0489. The van der Waals surface area contributed by atoms with Crippen molar-refractivity contribution in [3.05, 3.63) is 69.8 Å². The van der Waals surface area contributed by atoms with E-state index in [4.69, 9.17) is 69.6 Å². The maximum atomic E-state index is 13.6. The molecule has 2 aromatic carbocycles. The number of nitrogens with zero attached hydrogens (tertiary/aromatic N) is 3. The SMILES string of the molecule is O=C(Cc1cc(C(F)(F)F)cc(C(F)(F)F)c1)N1CCC(CCN2CCC(N3CCCCC3)CC2)(c2ccc(C(Cl)(Cl)Cl)c(C(Cl)(Cl)Cl)c2)C1. The van der Waals surface area contributed by atoms with Crippen molar-refractivity contribution in [2.45, 2.75) is 82.8 Å². The van der Waals surface area contributed by atoms with Crippen LogP contribution < -0.4 is 0 Å². The number of rotatable bonds is 7. The normalized spacial score (nSPS) is 22.4. The standard InChI is InChI=1S/C34H37Cl6F6N3O/c35-31(36,37)27-5-4-23(20-28(27)32(38,39)40)30(8-14-47-12-6-26(7-13-47)48-10-2-1-3-11-48)9-15-49(21-30)29(50)18-22-16-24(33(41,42)43)19-25(17-22)34(44,45)46/h4-5,16-17,19-20,26H,1-3,6-15,18,21H2. The molecule has 5 rings (SSSR count). The van der Waals surface area contributed by atoms with Crippen molar-refractivity contribution in [2.75, 3.05) is 45.8 Å². The van der Waals surface area contributed by atoms with Gasteiger partial charge in [0.2, 0.25) is 13.5 Å². The van der Waals surface area contributed by atoms with E-state index >= 15 is 0 Å². The smallest absolute Gasteiger partial charge is 0.341 e. The van der Waals surface area contributed by atoms with E-state index in [2.05, 4.69) is 9.80 Å². The molecule has 3 saturated heterocycles. The average molecular weight is 830 g/mol. The molecule has 50 heavy (non-hydrogen) atoms. The van der Waals surface area contributed by atoms with Crippen molar-refractivity contribution < 1.29 is 31.1 Å². The van der Waals surface area contributed by atoms with E-state index in [1.165, 1.54) is 24.2 Å². The molecule has 0 aliphatic carbocycles. The van der Waals surface area contributed by atoms with Crippen LogP contribution in [0, 0.1) is 0 Å². The molecule has 2 aromatic rings. The van der Waals surface area contributed by atoms with Crippen LogP contribution in [0.4, 0.5) is 26.3 Å². The third-order valence-corrected chi connectivity index (χ3v) is 11.5. The molecule has 3 fully saturated rings. The summed E-state index contributed by atoms with van der Waals surface area (Å²) in [6, 6.07) is 6.76. The summed E-state index contributed by atoms with van der Waals surface area (Å²) in [5.74, 6) is -0.596. The maximum Gasteiger partial charge on any atom is 0.416 e. The predicted molar refractivity (Wildman–Crippen MR) is 187 cm³/mol. The lowest BCUT2D eigenvalue weighted by Crippen LogP contribution is -2.47. The number of benzene rings is 2. The first-order chi connectivity index (χ1) is 23.2. The zero-order valence-corrected chi connectivity index (χ0v) is 31.5. The third-order valence-electron chi connectivity index (χ3n) is 10.3. The Hall–Kier alpha value is -0.850. The van der Waals surface area contributed by atoms with E-state index in [-0.39, 0.29) is 35.8 Å². The first kappa shape index (κ1) is 40.3. The van der Waals surface area contributed by atoms with Crippen molar-refractivity contribution in [2.24, 2.45) is 0 Å². The highest BCUT2D eigenvalue weighted by molar-refractivity contribution is 6.69. The molecule has 1 unspecified atom stereocenters. The highest BCUT2D eigenvalue weighted by Crippen LogP contribution is 2.50. The van der Waals surface area contributed by atoms with Gasteiger partial charge in [0, 0.05) is 35.7 Å². The average Bonchev–Trinajstić information content (AvgIpc) is 3.48. The second-order valence-electron chi connectivity index (χ2n) is 13.6. The zero-order valence-electron chi connectivity index (χ0n) is 26.9. The molecule has 3 heterocycles. The summed E-state index contributed by atoms with van der Waals surface area (Å²) in [5, 5.41) is 0. The second-order valence-corrected chi connectivity index (χ2v) is 18.2. The van der Waals surface area contributed by atoms with Crippen LogP contribution in [0.1, 0.15) is 78.3 Å². The van der Waals surface area contributed by atoms with Gasteiger partial charge in [0.25, 0.3) is 0 Å². The van der Waals surface area contributed by atoms with Crippen LogP contribution in [0.5, 0.6) is 0 Å². The van der Waals surface area contributed by atoms with Gasteiger partial charge in [0.15, 0.2) is 0 Å². The molecule has 4 nitrogen and oxygen atoms in total. The largest absolute Gasteiger partial charge is 0.416 e. The molecule has 0 spiro atoms. The minimum Gasteiger partial charge on any atom is -0.341 e. The van der Waals surface area contributed by atoms with Crippen LogP contribution in [0.25, 0.3) is 0 Å². The topological polar surface area (TPSA) is 26.8 Å². The van der Waals surface area contributed by atoms with E-state index in [1.807, 2.05) is 0 Å².